The molecule has 3 nitrogen and oxygen atoms in total. The Morgan fingerprint density at radius 3 is 1.04 bits per heavy atom. The fraction of sp³-hybridized carbons (Fsp3) is 0.947. The van der Waals surface area contributed by atoms with Crippen LogP contribution in [0.25, 0.3) is 0 Å². The maximum absolute atomic E-state index is 8.56. The Hall–Kier alpha value is 0.270. The molecule has 0 atom stereocenters. The van der Waals surface area contributed by atoms with Gasteiger partial charge in [-0.1, -0.05) is 39.0 Å². The Kier molecular flexibility index (Phi) is 27.2. The first-order valence-electron chi connectivity index (χ1n) is 10.1. The SMILES string of the molecule is CCCCCCCCCCCCCCCCC[CH2][Na].O=C(O)O. The molecule has 0 aliphatic rings. The first kappa shape index (κ1) is 25.5. The van der Waals surface area contributed by atoms with Crippen molar-refractivity contribution in [1.82, 2.24) is 0 Å². The second kappa shape index (κ2) is 24.5. The minimum Gasteiger partial charge on any atom is -0.450 e. The van der Waals surface area contributed by atoms with Crippen LogP contribution in [0.5, 0.6) is 0 Å². The predicted octanol–water partition coefficient (Wildman–Crippen LogP) is 7.06. The quantitative estimate of drug-likeness (QED) is 0.234. The molecule has 0 aromatic rings. The van der Waals surface area contributed by atoms with E-state index in [4.69, 9.17) is 15.0 Å². The van der Waals surface area contributed by atoms with Gasteiger partial charge in [-0.25, -0.2) is 4.79 Å². The van der Waals surface area contributed by atoms with Crippen molar-refractivity contribution in [1.29, 1.82) is 0 Å². The van der Waals surface area contributed by atoms with Crippen molar-refractivity contribution in [2.24, 2.45) is 0 Å². The molecule has 0 saturated carbocycles. The van der Waals surface area contributed by atoms with Gasteiger partial charge in [-0.2, -0.15) is 0 Å². The molecule has 0 aromatic carbocycles. The average molecular weight is 339 g/mol. The molecule has 23 heavy (non-hydrogen) atoms. The van der Waals surface area contributed by atoms with Gasteiger partial charge < -0.3 is 10.2 Å². The number of carboxylic acid groups (broad SMARTS) is 2. The van der Waals surface area contributed by atoms with Crippen molar-refractivity contribution in [2.75, 3.05) is 0 Å². The molecule has 0 aliphatic heterocycles. The van der Waals surface area contributed by atoms with E-state index in [9.17, 15) is 0 Å². The number of unbranched alkanes of at least 4 members (excludes halogenated alkanes) is 15. The van der Waals surface area contributed by atoms with Crippen molar-refractivity contribution in [2.45, 2.75) is 113 Å². The molecule has 0 amide bonds. The van der Waals surface area contributed by atoms with Gasteiger partial charge in [0, 0.05) is 0 Å². The molecule has 0 saturated heterocycles. The Morgan fingerprint density at radius 1 is 0.609 bits per heavy atom. The Labute approximate surface area is 162 Å². The molecule has 0 fully saturated rings. The summed E-state index contributed by atoms with van der Waals surface area (Å²) < 4.78 is 1.51. The third kappa shape index (κ3) is 34.6. The molecule has 0 unspecified atom stereocenters. The number of hydrogen-bond donors (Lipinski definition) is 2. The summed E-state index contributed by atoms with van der Waals surface area (Å²) in [5.74, 6) is 0. The van der Waals surface area contributed by atoms with Crippen LogP contribution in [-0.2, 0) is 0 Å². The summed E-state index contributed by atoms with van der Waals surface area (Å²) in [7, 11) is 0. The molecule has 0 heterocycles. The topological polar surface area (TPSA) is 57.5 Å². The van der Waals surface area contributed by atoms with Crippen LogP contribution in [0.1, 0.15) is 110 Å². The summed E-state index contributed by atoms with van der Waals surface area (Å²) in [6.07, 6.45) is 21.9. The minimum atomic E-state index is -1.83. The minimum absolute atomic E-state index is 1.38. The number of hydrogen-bond acceptors (Lipinski definition) is 1. The van der Waals surface area contributed by atoms with Crippen LogP contribution in [0.4, 0.5) is 4.79 Å². The largest absolute Gasteiger partial charge is 0.503 e. The fourth-order valence-corrected chi connectivity index (χ4v) is 3.30. The van der Waals surface area contributed by atoms with E-state index in [0.29, 0.717) is 0 Å². The number of carbonyl (C=O) groups is 1. The van der Waals surface area contributed by atoms with Crippen LogP contribution >= 0.6 is 0 Å². The first-order chi connectivity index (χ1) is 11.1. The van der Waals surface area contributed by atoms with Crippen LogP contribution in [0.2, 0.25) is 3.67 Å². The van der Waals surface area contributed by atoms with E-state index in [1.54, 1.807) is 0 Å². The van der Waals surface area contributed by atoms with Gasteiger partial charge in [0.05, 0.1) is 0 Å². The summed E-state index contributed by atoms with van der Waals surface area (Å²) >= 11 is 1.41. The molecular weight excluding hydrogens is 299 g/mol. The Bertz CT molecular complexity index is 203. The molecule has 0 bridgehead atoms. The zero-order valence-corrected chi connectivity index (χ0v) is 17.8. The van der Waals surface area contributed by atoms with Crippen LogP contribution in [0.3, 0.4) is 0 Å². The standard InChI is InChI=1S/C18H37.CH2O3.Na/c1-3-5-7-9-11-13-15-17-18-16-14-12-10-8-6-4-2;2-1(3)4;/h1,3-18H2,2H3;(H2,2,3,4);. The van der Waals surface area contributed by atoms with Crippen molar-refractivity contribution in [3.05, 3.63) is 0 Å². The van der Waals surface area contributed by atoms with Gasteiger partial charge in [-0.15, -0.1) is 0 Å². The second-order valence-electron chi connectivity index (χ2n) is 6.59. The molecule has 134 valence electrons. The van der Waals surface area contributed by atoms with Crippen molar-refractivity contribution in [3.8, 4) is 0 Å². The monoisotopic (exact) mass is 338 g/mol. The van der Waals surface area contributed by atoms with E-state index >= 15 is 0 Å². The van der Waals surface area contributed by atoms with Gasteiger partial charge in [0.2, 0.25) is 0 Å². The van der Waals surface area contributed by atoms with E-state index in [-0.39, 0.29) is 0 Å². The van der Waals surface area contributed by atoms with Gasteiger partial charge >= 0.3 is 108 Å². The predicted molar refractivity (Wildman–Crippen MR) is 101 cm³/mol. The van der Waals surface area contributed by atoms with Crippen molar-refractivity contribution in [3.63, 3.8) is 0 Å². The number of rotatable bonds is 16. The average Bonchev–Trinajstić information content (AvgIpc) is 2.50. The van der Waals surface area contributed by atoms with Gasteiger partial charge in [0.15, 0.2) is 0 Å². The molecule has 0 radical (unpaired) electrons. The summed E-state index contributed by atoms with van der Waals surface area (Å²) in [5.41, 5.74) is 0. The second-order valence-corrected chi connectivity index (χ2v) is 7.59. The van der Waals surface area contributed by atoms with E-state index in [1.807, 2.05) is 0 Å². The van der Waals surface area contributed by atoms with Crippen molar-refractivity contribution < 1.29 is 15.0 Å². The summed E-state index contributed by atoms with van der Waals surface area (Å²) in [4.78, 5) is 8.56. The molecular formula is C19H39NaO3. The van der Waals surface area contributed by atoms with Gasteiger partial charge in [0.25, 0.3) is 0 Å². The van der Waals surface area contributed by atoms with E-state index in [1.165, 1.54) is 134 Å². The van der Waals surface area contributed by atoms with Crippen molar-refractivity contribution >= 4 is 34.1 Å². The maximum Gasteiger partial charge on any atom is 0.503 e. The van der Waals surface area contributed by atoms with Crippen LogP contribution in [0.15, 0.2) is 0 Å². The van der Waals surface area contributed by atoms with Crippen LogP contribution in [0, 0.1) is 0 Å². The summed E-state index contributed by atoms with van der Waals surface area (Å²) in [6.45, 7) is 2.30. The fourth-order valence-electron chi connectivity index (χ4n) is 2.80. The maximum atomic E-state index is 8.56. The first-order valence-corrected chi connectivity index (χ1v) is 11.5. The Balaban J connectivity index is 0. The third-order valence-electron chi connectivity index (χ3n) is 4.21. The molecule has 2 N–H and O–H groups in total. The van der Waals surface area contributed by atoms with Gasteiger partial charge in [-0.3, -0.25) is 0 Å². The summed E-state index contributed by atoms with van der Waals surface area (Å²) in [6, 6.07) is 0. The normalized spacial score (nSPS) is 10.2. The molecule has 0 aromatic heterocycles. The Morgan fingerprint density at radius 2 is 0.826 bits per heavy atom. The van der Waals surface area contributed by atoms with E-state index in [0.717, 1.165) is 0 Å². The van der Waals surface area contributed by atoms with Gasteiger partial charge in [0.1, 0.15) is 0 Å². The van der Waals surface area contributed by atoms with E-state index in [2.05, 4.69) is 6.92 Å². The zero-order valence-electron chi connectivity index (χ0n) is 15.8. The molecule has 0 rings (SSSR count). The van der Waals surface area contributed by atoms with E-state index < -0.39 is 6.16 Å². The molecule has 0 spiro atoms. The zero-order chi connectivity index (χ0) is 17.6. The molecule has 4 heteroatoms. The van der Waals surface area contributed by atoms with Crippen LogP contribution < -0.4 is 0 Å². The molecule has 0 aliphatic carbocycles. The smallest absolute Gasteiger partial charge is 0.450 e. The van der Waals surface area contributed by atoms with Crippen LogP contribution in [-0.4, -0.2) is 44.3 Å². The van der Waals surface area contributed by atoms with Gasteiger partial charge in [-0.05, 0) is 0 Å². The summed E-state index contributed by atoms with van der Waals surface area (Å²) in [5, 5.41) is 13.9. The third-order valence-corrected chi connectivity index (χ3v) is 4.91.